The van der Waals surface area contributed by atoms with Gasteiger partial charge in [0.2, 0.25) is 5.78 Å². The van der Waals surface area contributed by atoms with Gasteiger partial charge in [-0.3, -0.25) is 19.2 Å². The predicted molar refractivity (Wildman–Crippen MR) is 302 cm³/mol. The van der Waals surface area contributed by atoms with Crippen LogP contribution < -0.4 is 9.80 Å². The highest BCUT2D eigenvalue weighted by molar-refractivity contribution is 6.41. The van der Waals surface area contributed by atoms with Crippen LogP contribution in [-0.4, -0.2) is 60.0 Å². The second kappa shape index (κ2) is 33.1. The molecular weight excluding hydrogens is 925 g/mol. The second-order valence-corrected chi connectivity index (χ2v) is 20.6. The van der Waals surface area contributed by atoms with Crippen molar-refractivity contribution >= 4 is 46.1 Å². The zero-order chi connectivity index (χ0) is 52.9. The van der Waals surface area contributed by atoms with Crippen molar-refractivity contribution in [2.75, 3.05) is 36.1 Å². The summed E-state index contributed by atoms with van der Waals surface area (Å²) < 4.78 is 11.9. The molecule has 0 bridgehead atoms. The van der Waals surface area contributed by atoms with Crippen molar-refractivity contribution in [1.29, 1.82) is 0 Å². The average Bonchev–Trinajstić information content (AvgIpc) is 3.41. The number of benzene rings is 3. The van der Waals surface area contributed by atoms with E-state index in [0.717, 1.165) is 51.4 Å². The molecule has 3 aromatic carbocycles. The number of ether oxygens (including phenoxy) is 2. The lowest BCUT2D eigenvalue weighted by Gasteiger charge is -2.29. The number of anilines is 3. The van der Waals surface area contributed by atoms with Gasteiger partial charge in [0, 0.05) is 46.0 Å². The Labute approximate surface area is 444 Å². The molecule has 2 unspecified atom stereocenters. The fourth-order valence-electron chi connectivity index (χ4n) is 10.1. The van der Waals surface area contributed by atoms with E-state index in [4.69, 9.17) is 9.47 Å². The molecule has 0 spiro atoms. The molecule has 0 amide bonds. The van der Waals surface area contributed by atoms with E-state index in [1.807, 2.05) is 60.7 Å². The summed E-state index contributed by atoms with van der Waals surface area (Å²) >= 11 is 0. The molecule has 0 heterocycles. The molecular formula is C64H88N2O8. The summed E-state index contributed by atoms with van der Waals surface area (Å²) in [5.41, 5.74) is 2.20. The summed E-state index contributed by atoms with van der Waals surface area (Å²) in [6.45, 7) is 9.38. The van der Waals surface area contributed by atoms with Crippen LogP contribution in [0.25, 0.3) is 5.57 Å². The number of rotatable bonds is 37. The number of ketones is 2. The fourth-order valence-corrected chi connectivity index (χ4v) is 10.1. The molecule has 0 fully saturated rings. The largest absolute Gasteiger partial charge is 0.507 e. The lowest BCUT2D eigenvalue weighted by atomic mass is 9.79. The highest BCUT2D eigenvalue weighted by Gasteiger charge is 2.40. The molecule has 10 heteroatoms. The van der Waals surface area contributed by atoms with E-state index < -0.39 is 23.3 Å². The number of aliphatic hydroxyl groups excluding tert-OH is 1. The third-order valence-corrected chi connectivity index (χ3v) is 14.6. The Hall–Kier alpha value is -5.90. The summed E-state index contributed by atoms with van der Waals surface area (Å²) in [7, 11) is 0. The van der Waals surface area contributed by atoms with Crippen molar-refractivity contribution in [3.05, 3.63) is 125 Å². The zero-order valence-electron chi connectivity index (χ0n) is 45.4. The van der Waals surface area contributed by atoms with Gasteiger partial charge in [-0.05, 0) is 86.1 Å². The number of nitrogens with zero attached hydrogens (tertiary/aromatic N) is 2. The summed E-state index contributed by atoms with van der Waals surface area (Å²) in [6.07, 6.45) is 32.6. The highest BCUT2D eigenvalue weighted by atomic mass is 16.5. The molecule has 74 heavy (non-hydrogen) atoms. The van der Waals surface area contributed by atoms with Gasteiger partial charge in [0.1, 0.15) is 24.6 Å². The Morgan fingerprint density at radius 3 is 1.38 bits per heavy atom. The number of phenols is 1. The van der Waals surface area contributed by atoms with E-state index in [0.29, 0.717) is 47.8 Å². The topological polar surface area (TPSA) is 134 Å². The number of phenolic OH excluding ortho intramolecular Hbond substituents is 1. The van der Waals surface area contributed by atoms with Gasteiger partial charge in [-0.2, -0.15) is 0 Å². The van der Waals surface area contributed by atoms with Gasteiger partial charge in [-0.1, -0.05) is 193 Å². The molecule has 0 saturated heterocycles. The van der Waals surface area contributed by atoms with Gasteiger partial charge in [0.25, 0.3) is 0 Å². The number of allylic oxidation sites excluding steroid dienone is 6. The number of para-hydroxylation sites is 2. The average molecular weight is 1010 g/mol. The summed E-state index contributed by atoms with van der Waals surface area (Å²) in [4.78, 5) is 58.5. The maximum absolute atomic E-state index is 13.9. The number of hydrogen-bond acceptors (Lipinski definition) is 10. The van der Waals surface area contributed by atoms with Crippen LogP contribution in [0.15, 0.2) is 120 Å². The first-order valence-corrected chi connectivity index (χ1v) is 28.6. The number of carbonyl (C=O) groups excluding carboxylic acids is 4. The van der Waals surface area contributed by atoms with Gasteiger partial charge < -0.3 is 29.5 Å². The molecule has 10 nitrogen and oxygen atoms in total. The molecule has 0 radical (unpaired) electrons. The lowest BCUT2D eigenvalue weighted by molar-refractivity contribution is -0.144. The fraction of sp³-hybridized carbons (Fsp3) is 0.531. The van der Waals surface area contributed by atoms with Gasteiger partial charge in [-0.25, -0.2) is 0 Å². The highest BCUT2D eigenvalue weighted by Crippen LogP contribution is 2.44. The van der Waals surface area contributed by atoms with Crippen LogP contribution in [0, 0.1) is 11.8 Å². The molecule has 2 aliphatic rings. The van der Waals surface area contributed by atoms with Crippen molar-refractivity contribution in [3.63, 3.8) is 0 Å². The number of aromatic hydroxyl groups is 1. The molecule has 0 saturated carbocycles. The van der Waals surface area contributed by atoms with Crippen molar-refractivity contribution < 1.29 is 38.9 Å². The SMILES string of the molecule is CCCCCCCCC(CCCCCC)COC(=O)CN(C1=CC(=O)/C(=C2\C(=O)C(c3ccc(N(CC(=O)OCC(CCCCCC)CCCCCCCC)c4ccccc4)cc3O)=C2O)C=C1)c1ccccc1. The van der Waals surface area contributed by atoms with E-state index in [-0.39, 0.29) is 47.1 Å². The van der Waals surface area contributed by atoms with E-state index in [1.165, 1.54) is 121 Å². The summed E-state index contributed by atoms with van der Waals surface area (Å²) in [5, 5.41) is 22.9. The van der Waals surface area contributed by atoms with E-state index in [2.05, 4.69) is 27.7 Å². The van der Waals surface area contributed by atoms with Crippen LogP contribution in [0.3, 0.4) is 0 Å². The standard InChI is InChI=1S/C64H88N2O8/c1-5-9-13-17-19-25-33-49(31-23-15-11-7-3)47-73-59(69)45-65(51-35-27-21-28-36-51)53-39-41-55(57(67)43-53)61-63(71)62(64(61)72)56-42-40-54(44-58(56)68)66(52-37-29-22-30-38-52)46-60(70)74-48-50(32-24-16-12-8-4)34-26-20-18-14-10-6-2/h21-22,27-30,35-44,49-50,67,71H,5-20,23-26,31-34,45-48H2,1-4H3/b62-56-. The first kappa shape index (κ1) is 59.0. The van der Waals surface area contributed by atoms with Crippen molar-refractivity contribution in [1.82, 2.24) is 0 Å². The second-order valence-electron chi connectivity index (χ2n) is 20.6. The van der Waals surface area contributed by atoms with Crippen molar-refractivity contribution in [2.24, 2.45) is 11.8 Å². The third-order valence-electron chi connectivity index (χ3n) is 14.6. The smallest absolute Gasteiger partial charge is 0.325 e. The van der Waals surface area contributed by atoms with Crippen LogP contribution in [-0.2, 0) is 28.7 Å². The number of esters is 2. The maximum atomic E-state index is 13.9. The third kappa shape index (κ3) is 18.8. The van der Waals surface area contributed by atoms with Crippen LogP contribution in [0.5, 0.6) is 5.75 Å². The number of aliphatic hydroxyl groups is 1. The molecule has 0 aromatic heterocycles. The molecule has 3 aromatic rings. The van der Waals surface area contributed by atoms with Crippen LogP contribution >= 0.6 is 0 Å². The Kier molecular flexibility index (Phi) is 26.4. The normalized spacial score (nSPS) is 15.2. The molecule has 2 N–H and O–H groups in total. The first-order valence-electron chi connectivity index (χ1n) is 28.6. The number of unbranched alkanes of at least 4 members (excludes halogenated alkanes) is 16. The summed E-state index contributed by atoms with van der Waals surface area (Å²) in [6, 6.07) is 23.4. The monoisotopic (exact) mass is 1010 g/mol. The molecule has 2 aliphatic carbocycles. The number of carbonyl (C=O) groups is 4. The van der Waals surface area contributed by atoms with E-state index in [9.17, 15) is 29.4 Å². The Balaban J connectivity index is 1.27. The van der Waals surface area contributed by atoms with Crippen LogP contribution in [0.2, 0.25) is 0 Å². The number of Topliss-reactive ketones (excluding diaryl/α,β-unsaturated/α-hetero) is 1. The minimum Gasteiger partial charge on any atom is -0.507 e. The Morgan fingerprint density at radius 2 is 0.932 bits per heavy atom. The predicted octanol–water partition coefficient (Wildman–Crippen LogP) is 16.0. The number of hydrogen-bond donors (Lipinski definition) is 2. The van der Waals surface area contributed by atoms with Crippen molar-refractivity contribution in [3.8, 4) is 5.75 Å². The zero-order valence-corrected chi connectivity index (χ0v) is 45.4. The van der Waals surface area contributed by atoms with Gasteiger partial charge >= 0.3 is 11.9 Å². The minimum atomic E-state index is -0.585. The minimum absolute atomic E-state index is 0.0104. The van der Waals surface area contributed by atoms with Crippen molar-refractivity contribution in [2.45, 2.75) is 182 Å². The van der Waals surface area contributed by atoms with Crippen LogP contribution in [0.1, 0.15) is 187 Å². The Morgan fingerprint density at radius 1 is 0.500 bits per heavy atom. The van der Waals surface area contributed by atoms with Crippen LogP contribution in [0.4, 0.5) is 17.1 Å². The molecule has 5 rings (SSSR count). The molecule has 0 aliphatic heterocycles. The molecule has 402 valence electrons. The first-order chi connectivity index (χ1) is 36.1. The Bertz CT molecular complexity index is 2330. The van der Waals surface area contributed by atoms with E-state index >= 15 is 0 Å². The lowest BCUT2D eigenvalue weighted by Crippen LogP contribution is -2.32. The summed E-state index contributed by atoms with van der Waals surface area (Å²) in [5.74, 6) is -1.93. The van der Waals surface area contributed by atoms with E-state index in [1.54, 1.807) is 28.0 Å². The maximum Gasteiger partial charge on any atom is 0.325 e. The quantitative estimate of drug-likeness (QED) is 0.0327. The van der Waals surface area contributed by atoms with Gasteiger partial charge in [0.05, 0.1) is 24.4 Å². The van der Waals surface area contributed by atoms with Gasteiger partial charge in [-0.15, -0.1) is 0 Å². The van der Waals surface area contributed by atoms with Gasteiger partial charge in [0.15, 0.2) is 5.78 Å². The molecule has 2 atom stereocenters.